The van der Waals surface area contributed by atoms with E-state index in [0.29, 0.717) is 6.61 Å². The molecular formula is C17H26FNO3. The average Bonchev–Trinajstić information content (AvgIpc) is 2.58. The number of likely N-dealkylation sites (tertiary alicyclic amines) is 1. The second-order valence-corrected chi connectivity index (χ2v) is 4.92. The highest BCUT2D eigenvalue weighted by atomic mass is 19.1. The van der Waals surface area contributed by atoms with Gasteiger partial charge in [-0.25, -0.2) is 4.39 Å². The summed E-state index contributed by atoms with van der Waals surface area (Å²) < 4.78 is 23.5. The van der Waals surface area contributed by atoms with Gasteiger partial charge in [-0.1, -0.05) is 26.0 Å². The van der Waals surface area contributed by atoms with Crippen LogP contribution in [0.5, 0.6) is 5.75 Å². The zero-order valence-corrected chi connectivity index (χ0v) is 13.7. The minimum Gasteiger partial charge on any atom is -0.489 e. The van der Waals surface area contributed by atoms with E-state index in [9.17, 15) is 9.18 Å². The third-order valence-electron chi connectivity index (χ3n) is 3.62. The molecule has 0 radical (unpaired) electrons. The minimum absolute atomic E-state index is 0.0173. The molecule has 1 heterocycles. The number of halogens is 1. The minimum atomic E-state index is -0.336. The number of carbonyl (C=O) groups excluding carboxylic acids is 1. The zero-order chi connectivity index (χ0) is 16.4. The molecular weight excluding hydrogens is 285 g/mol. The number of methoxy groups -OCH3 is 1. The van der Waals surface area contributed by atoms with Gasteiger partial charge >= 0.3 is 5.97 Å². The predicted octanol–water partition coefficient (Wildman–Crippen LogP) is 3.12. The van der Waals surface area contributed by atoms with E-state index in [2.05, 4.69) is 4.90 Å². The van der Waals surface area contributed by atoms with Crippen molar-refractivity contribution < 1.29 is 18.7 Å². The Morgan fingerprint density at radius 1 is 1.27 bits per heavy atom. The Morgan fingerprint density at radius 2 is 1.91 bits per heavy atom. The topological polar surface area (TPSA) is 38.8 Å². The van der Waals surface area contributed by atoms with Gasteiger partial charge in [0.1, 0.15) is 6.61 Å². The van der Waals surface area contributed by atoms with E-state index in [1.165, 1.54) is 13.2 Å². The van der Waals surface area contributed by atoms with Gasteiger partial charge in [0.15, 0.2) is 11.6 Å². The number of ether oxygens (including phenoxy) is 2. The van der Waals surface area contributed by atoms with Crippen LogP contribution in [0.4, 0.5) is 4.39 Å². The number of para-hydroxylation sites is 1. The maximum absolute atomic E-state index is 13.3. The van der Waals surface area contributed by atoms with Gasteiger partial charge in [-0.2, -0.15) is 0 Å². The Morgan fingerprint density at radius 3 is 2.50 bits per heavy atom. The van der Waals surface area contributed by atoms with Gasteiger partial charge in [-0.3, -0.25) is 9.69 Å². The van der Waals surface area contributed by atoms with Gasteiger partial charge in [-0.05, 0) is 38.1 Å². The summed E-state index contributed by atoms with van der Waals surface area (Å²) in [6.07, 6.45) is 1.62. The number of rotatable bonds is 5. The van der Waals surface area contributed by atoms with Crippen molar-refractivity contribution >= 4 is 5.97 Å². The van der Waals surface area contributed by atoms with Crippen molar-refractivity contribution in [1.82, 2.24) is 4.90 Å². The molecule has 1 aromatic rings. The number of esters is 1. The van der Waals surface area contributed by atoms with Crippen LogP contribution < -0.4 is 4.74 Å². The molecule has 0 spiro atoms. The first kappa shape index (κ1) is 18.4. The third-order valence-corrected chi connectivity index (χ3v) is 3.62. The zero-order valence-electron chi connectivity index (χ0n) is 13.7. The lowest BCUT2D eigenvalue weighted by Crippen LogP contribution is -2.38. The number of carbonyl (C=O) groups is 1. The predicted molar refractivity (Wildman–Crippen MR) is 84.4 cm³/mol. The lowest BCUT2D eigenvalue weighted by atomic mass is 9.97. The largest absolute Gasteiger partial charge is 0.489 e. The van der Waals surface area contributed by atoms with Crippen molar-refractivity contribution in [1.29, 1.82) is 0 Å². The first-order chi connectivity index (χ1) is 10.7. The molecule has 0 unspecified atom stereocenters. The van der Waals surface area contributed by atoms with Crippen LogP contribution >= 0.6 is 0 Å². The Hall–Kier alpha value is -1.62. The Balaban J connectivity index is 0.00000116. The highest BCUT2D eigenvalue weighted by Crippen LogP contribution is 2.19. The number of benzene rings is 1. The lowest BCUT2D eigenvalue weighted by Gasteiger charge is -2.30. The summed E-state index contributed by atoms with van der Waals surface area (Å²) in [5.74, 6) is -0.148. The molecule has 124 valence electrons. The number of hydrogen-bond donors (Lipinski definition) is 0. The van der Waals surface area contributed by atoms with Crippen LogP contribution in [-0.4, -0.2) is 44.2 Å². The summed E-state index contributed by atoms with van der Waals surface area (Å²) in [4.78, 5) is 13.6. The maximum atomic E-state index is 13.3. The van der Waals surface area contributed by atoms with Gasteiger partial charge in [0.2, 0.25) is 0 Å². The Bertz CT molecular complexity index is 445. The van der Waals surface area contributed by atoms with Gasteiger partial charge < -0.3 is 9.47 Å². The van der Waals surface area contributed by atoms with Crippen LogP contribution in [0, 0.1) is 11.7 Å². The molecule has 0 aromatic heterocycles. The van der Waals surface area contributed by atoms with E-state index < -0.39 is 0 Å². The van der Waals surface area contributed by atoms with Crippen LogP contribution in [0.1, 0.15) is 26.7 Å². The van der Waals surface area contributed by atoms with Crippen LogP contribution in [-0.2, 0) is 9.53 Å². The molecule has 5 heteroatoms. The molecule has 0 bridgehead atoms. The van der Waals surface area contributed by atoms with E-state index in [4.69, 9.17) is 9.47 Å². The van der Waals surface area contributed by atoms with Crippen molar-refractivity contribution in [2.24, 2.45) is 5.92 Å². The molecule has 4 nitrogen and oxygen atoms in total. The second-order valence-electron chi connectivity index (χ2n) is 4.92. The molecule has 1 fully saturated rings. The second kappa shape index (κ2) is 10.2. The summed E-state index contributed by atoms with van der Waals surface area (Å²) in [7, 11) is 1.43. The Labute approximate surface area is 132 Å². The smallest absolute Gasteiger partial charge is 0.308 e. The summed E-state index contributed by atoms with van der Waals surface area (Å²) in [6, 6.07) is 6.40. The van der Waals surface area contributed by atoms with E-state index in [1.807, 2.05) is 13.8 Å². The standard InChI is InChI=1S/C15H20FNO3.C2H6/c1-19-15(18)12-6-8-17(9-7-12)10-11-20-14-5-3-2-4-13(14)16;1-2/h2-5,12H,6-11H2,1H3;1-2H3. The number of nitrogens with zero attached hydrogens (tertiary/aromatic N) is 1. The fourth-order valence-electron chi connectivity index (χ4n) is 2.41. The molecule has 0 N–H and O–H groups in total. The van der Waals surface area contributed by atoms with Crippen LogP contribution in [0.25, 0.3) is 0 Å². The van der Waals surface area contributed by atoms with Crippen LogP contribution in [0.2, 0.25) is 0 Å². The molecule has 0 saturated carbocycles. The van der Waals surface area contributed by atoms with Gasteiger partial charge in [0.25, 0.3) is 0 Å². The van der Waals surface area contributed by atoms with Gasteiger partial charge in [-0.15, -0.1) is 0 Å². The summed E-state index contributed by atoms with van der Waals surface area (Å²) >= 11 is 0. The molecule has 1 aliphatic heterocycles. The van der Waals surface area contributed by atoms with E-state index in [-0.39, 0.29) is 23.5 Å². The van der Waals surface area contributed by atoms with E-state index in [1.54, 1.807) is 18.2 Å². The fraction of sp³-hybridized carbons (Fsp3) is 0.588. The van der Waals surface area contributed by atoms with Crippen molar-refractivity contribution in [2.75, 3.05) is 33.4 Å². The third kappa shape index (κ3) is 5.64. The molecule has 1 aromatic carbocycles. The molecule has 1 aliphatic rings. The highest BCUT2D eigenvalue weighted by molar-refractivity contribution is 5.72. The summed E-state index contributed by atoms with van der Waals surface area (Å²) in [6.45, 7) is 6.88. The normalized spacial score (nSPS) is 15.6. The molecule has 0 atom stereocenters. The number of piperidine rings is 1. The molecule has 0 amide bonds. The van der Waals surface area contributed by atoms with Crippen molar-refractivity contribution in [3.05, 3.63) is 30.1 Å². The Kier molecular flexibility index (Phi) is 8.51. The molecule has 2 rings (SSSR count). The fourth-order valence-corrected chi connectivity index (χ4v) is 2.41. The van der Waals surface area contributed by atoms with Crippen molar-refractivity contribution in [2.45, 2.75) is 26.7 Å². The summed E-state index contributed by atoms with van der Waals surface area (Å²) in [5, 5.41) is 0. The monoisotopic (exact) mass is 311 g/mol. The van der Waals surface area contributed by atoms with Crippen molar-refractivity contribution in [3.63, 3.8) is 0 Å². The molecule has 22 heavy (non-hydrogen) atoms. The number of hydrogen-bond acceptors (Lipinski definition) is 4. The first-order valence-electron chi connectivity index (χ1n) is 7.88. The molecule has 0 aliphatic carbocycles. The van der Waals surface area contributed by atoms with Gasteiger partial charge in [0, 0.05) is 6.54 Å². The van der Waals surface area contributed by atoms with Crippen LogP contribution in [0.15, 0.2) is 24.3 Å². The SMILES string of the molecule is CC.COC(=O)C1CCN(CCOc2ccccc2F)CC1. The van der Waals surface area contributed by atoms with E-state index in [0.717, 1.165) is 32.5 Å². The highest BCUT2D eigenvalue weighted by Gasteiger charge is 2.25. The average molecular weight is 311 g/mol. The maximum Gasteiger partial charge on any atom is 0.308 e. The molecule has 1 saturated heterocycles. The summed E-state index contributed by atoms with van der Waals surface area (Å²) in [5.41, 5.74) is 0. The lowest BCUT2D eigenvalue weighted by molar-refractivity contribution is -0.147. The van der Waals surface area contributed by atoms with Crippen LogP contribution in [0.3, 0.4) is 0 Å². The van der Waals surface area contributed by atoms with Crippen molar-refractivity contribution in [3.8, 4) is 5.75 Å². The van der Waals surface area contributed by atoms with Gasteiger partial charge in [0.05, 0.1) is 13.0 Å². The first-order valence-corrected chi connectivity index (χ1v) is 7.88. The van der Waals surface area contributed by atoms with E-state index >= 15 is 0 Å². The quantitative estimate of drug-likeness (QED) is 0.783.